The minimum atomic E-state index is 0.317. The summed E-state index contributed by atoms with van der Waals surface area (Å²) < 4.78 is 5.67. The SMILES string of the molecule is CN=C(NCc1ccc(N2CC=CC2)cc1)NC1CCN(CCOC(C)C)CC1. The van der Waals surface area contributed by atoms with Crippen LogP contribution in [0, 0.1) is 0 Å². The maximum atomic E-state index is 5.67. The van der Waals surface area contributed by atoms with Gasteiger partial charge in [0.1, 0.15) is 0 Å². The molecule has 2 aliphatic heterocycles. The molecule has 1 saturated heterocycles. The lowest BCUT2D eigenvalue weighted by Crippen LogP contribution is -2.49. The predicted octanol–water partition coefficient (Wildman–Crippen LogP) is 2.62. The molecule has 0 bridgehead atoms. The van der Waals surface area contributed by atoms with E-state index in [1.54, 1.807) is 0 Å². The average molecular weight is 400 g/mol. The molecule has 0 radical (unpaired) electrons. The Morgan fingerprint density at radius 2 is 1.83 bits per heavy atom. The maximum absolute atomic E-state index is 5.67. The van der Waals surface area contributed by atoms with Crippen molar-refractivity contribution in [3.63, 3.8) is 0 Å². The van der Waals surface area contributed by atoms with E-state index in [0.717, 1.165) is 64.7 Å². The lowest BCUT2D eigenvalue weighted by Gasteiger charge is -2.33. The summed E-state index contributed by atoms with van der Waals surface area (Å²) >= 11 is 0. The molecule has 0 aliphatic carbocycles. The number of benzene rings is 1. The highest BCUT2D eigenvalue weighted by molar-refractivity contribution is 5.80. The highest BCUT2D eigenvalue weighted by atomic mass is 16.5. The van der Waals surface area contributed by atoms with Gasteiger partial charge in [0.2, 0.25) is 0 Å². The fourth-order valence-corrected chi connectivity index (χ4v) is 3.81. The van der Waals surface area contributed by atoms with Gasteiger partial charge in [-0.2, -0.15) is 0 Å². The van der Waals surface area contributed by atoms with Crippen LogP contribution in [0.25, 0.3) is 0 Å². The minimum Gasteiger partial charge on any atom is -0.377 e. The van der Waals surface area contributed by atoms with Crippen LogP contribution < -0.4 is 15.5 Å². The highest BCUT2D eigenvalue weighted by Crippen LogP contribution is 2.17. The molecule has 3 rings (SSSR count). The zero-order chi connectivity index (χ0) is 20.5. The second kappa shape index (κ2) is 11.2. The summed E-state index contributed by atoms with van der Waals surface area (Å²) in [6.45, 7) is 11.1. The van der Waals surface area contributed by atoms with Gasteiger partial charge in [0.25, 0.3) is 0 Å². The summed E-state index contributed by atoms with van der Waals surface area (Å²) in [5.74, 6) is 0.888. The molecule has 1 fully saturated rings. The lowest BCUT2D eigenvalue weighted by molar-refractivity contribution is 0.0532. The number of hydrogen-bond acceptors (Lipinski definition) is 4. The molecule has 0 amide bonds. The fraction of sp³-hybridized carbons (Fsp3) is 0.609. The smallest absolute Gasteiger partial charge is 0.191 e. The first-order valence-electron chi connectivity index (χ1n) is 10.9. The van der Waals surface area contributed by atoms with Gasteiger partial charge >= 0.3 is 0 Å². The number of likely N-dealkylation sites (tertiary alicyclic amines) is 1. The molecule has 2 aliphatic rings. The number of ether oxygens (including phenoxy) is 1. The van der Waals surface area contributed by atoms with Crippen molar-refractivity contribution >= 4 is 11.6 Å². The van der Waals surface area contributed by atoms with Crippen LogP contribution in [-0.2, 0) is 11.3 Å². The summed E-state index contributed by atoms with van der Waals surface area (Å²) in [5, 5.41) is 7.05. The molecule has 0 unspecified atom stereocenters. The molecule has 29 heavy (non-hydrogen) atoms. The number of hydrogen-bond donors (Lipinski definition) is 2. The number of nitrogens with zero attached hydrogens (tertiary/aromatic N) is 3. The molecule has 6 nitrogen and oxygen atoms in total. The Labute approximate surface area is 176 Å². The average Bonchev–Trinajstić information content (AvgIpc) is 3.27. The summed E-state index contributed by atoms with van der Waals surface area (Å²) in [5.41, 5.74) is 2.55. The van der Waals surface area contributed by atoms with E-state index in [9.17, 15) is 0 Å². The zero-order valence-corrected chi connectivity index (χ0v) is 18.2. The van der Waals surface area contributed by atoms with Crippen molar-refractivity contribution in [3.8, 4) is 0 Å². The van der Waals surface area contributed by atoms with Crippen molar-refractivity contribution < 1.29 is 4.74 Å². The van der Waals surface area contributed by atoms with E-state index in [-0.39, 0.29) is 0 Å². The van der Waals surface area contributed by atoms with Crippen molar-refractivity contribution in [2.24, 2.45) is 4.99 Å². The quantitative estimate of drug-likeness (QED) is 0.400. The summed E-state index contributed by atoms with van der Waals surface area (Å²) in [4.78, 5) is 9.26. The monoisotopic (exact) mass is 399 g/mol. The van der Waals surface area contributed by atoms with Crippen molar-refractivity contribution in [1.29, 1.82) is 0 Å². The first-order valence-corrected chi connectivity index (χ1v) is 10.9. The number of rotatable bonds is 8. The van der Waals surface area contributed by atoms with Gasteiger partial charge in [0.15, 0.2) is 5.96 Å². The Morgan fingerprint density at radius 3 is 2.45 bits per heavy atom. The van der Waals surface area contributed by atoms with E-state index in [0.29, 0.717) is 12.1 Å². The third kappa shape index (κ3) is 7.05. The van der Waals surface area contributed by atoms with Gasteiger partial charge in [-0.3, -0.25) is 4.99 Å². The van der Waals surface area contributed by atoms with E-state index >= 15 is 0 Å². The summed E-state index contributed by atoms with van der Waals surface area (Å²) in [7, 11) is 1.84. The third-order valence-corrected chi connectivity index (χ3v) is 5.59. The first kappa shape index (κ1) is 21.7. The van der Waals surface area contributed by atoms with E-state index in [2.05, 4.69) is 75.7 Å². The second-order valence-corrected chi connectivity index (χ2v) is 8.15. The molecule has 0 aromatic heterocycles. The number of aliphatic imine (C=N–C) groups is 1. The number of guanidine groups is 1. The van der Waals surface area contributed by atoms with Crippen LogP contribution in [0.15, 0.2) is 41.4 Å². The van der Waals surface area contributed by atoms with E-state index in [1.807, 2.05) is 7.05 Å². The van der Waals surface area contributed by atoms with Crippen LogP contribution in [0.4, 0.5) is 5.69 Å². The van der Waals surface area contributed by atoms with Crippen LogP contribution in [-0.4, -0.2) is 69.4 Å². The number of nitrogens with one attached hydrogen (secondary N) is 2. The maximum Gasteiger partial charge on any atom is 0.191 e. The fourth-order valence-electron chi connectivity index (χ4n) is 3.81. The topological polar surface area (TPSA) is 52.1 Å². The molecular weight excluding hydrogens is 362 g/mol. The molecule has 1 aromatic carbocycles. The molecular formula is C23H37N5O. The second-order valence-electron chi connectivity index (χ2n) is 8.15. The number of anilines is 1. The number of piperidine rings is 1. The minimum absolute atomic E-state index is 0.317. The van der Waals surface area contributed by atoms with Crippen LogP contribution in [0.5, 0.6) is 0 Å². The van der Waals surface area contributed by atoms with Gasteiger partial charge in [0.05, 0.1) is 12.7 Å². The largest absolute Gasteiger partial charge is 0.377 e. The molecule has 0 atom stereocenters. The Hall–Kier alpha value is -2.05. The molecule has 0 saturated carbocycles. The summed E-state index contributed by atoms with van der Waals surface area (Å²) in [6, 6.07) is 9.29. The van der Waals surface area contributed by atoms with Gasteiger partial charge in [0, 0.05) is 58.0 Å². The van der Waals surface area contributed by atoms with Crippen molar-refractivity contribution in [2.45, 2.75) is 45.4 Å². The first-order chi connectivity index (χ1) is 14.1. The van der Waals surface area contributed by atoms with Gasteiger partial charge in [-0.05, 0) is 44.4 Å². The molecule has 2 heterocycles. The van der Waals surface area contributed by atoms with E-state index < -0.39 is 0 Å². The Kier molecular flexibility index (Phi) is 8.38. The van der Waals surface area contributed by atoms with Gasteiger partial charge in [-0.1, -0.05) is 24.3 Å². The lowest BCUT2D eigenvalue weighted by atomic mass is 10.1. The van der Waals surface area contributed by atoms with E-state index in [4.69, 9.17) is 4.74 Å². The zero-order valence-electron chi connectivity index (χ0n) is 18.2. The standard InChI is InChI=1S/C23H37N5O/c1-19(2)29-17-16-27-14-10-21(11-15-27)26-23(24-3)25-18-20-6-8-22(9-7-20)28-12-4-5-13-28/h4-9,19,21H,10-18H2,1-3H3,(H2,24,25,26). The Morgan fingerprint density at radius 1 is 1.14 bits per heavy atom. The van der Waals surface area contributed by atoms with Crippen molar-refractivity contribution in [2.75, 3.05) is 51.3 Å². The predicted molar refractivity (Wildman–Crippen MR) is 122 cm³/mol. The van der Waals surface area contributed by atoms with Crippen LogP contribution in [0.3, 0.4) is 0 Å². The van der Waals surface area contributed by atoms with E-state index in [1.165, 1.54) is 11.3 Å². The van der Waals surface area contributed by atoms with Crippen LogP contribution >= 0.6 is 0 Å². The Balaban J connectivity index is 1.36. The molecule has 6 heteroatoms. The molecule has 0 spiro atoms. The van der Waals surface area contributed by atoms with Gasteiger partial charge in [-0.25, -0.2) is 0 Å². The van der Waals surface area contributed by atoms with Crippen LogP contribution in [0.2, 0.25) is 0 Å². The third-order valence-electron chi connectivity index (χ3n) is 5.59. The van der Waals surface area contributed by atoms with Gasteiger partial charge in [-0.15, -0.1) is 0 Å². The molecule has 2 N–H and O–H groups in total. The summed E-state index contributed by atoms with van der Waals surface area (Å²) in [6.07, 6.45) is 7.03. The molecule has 160 valence electrons. The van der Waals surface area contributed by atoms with Crippen molar-refractivity contribution in [1.82, 2.24) is 15.5 Å². The normalized spacial score (nSPS) is 18.6. The van der Waals surface area contributed by atoms with Gasteiger partial charge < -0.3 is 25.2 Å². The van der Waals surface area contributed by atoms with Crippen LogP contribution in [0.1, 0.15) is 32.3 Å². The van der Waals surface area contributed by atoms with Crippen molar-refractivity contribution in [3.05, 3.63) is 42.0 Å². The highest BCUT2D eigenvalue weighted by Gasteiger charge is 2.19. The molecule has 1 aromatic rings. The Bertz CT molecular complexity index is 654.